The standard InChI is InChI=1S/C11H6N2O6S/c14-10-9(20-11(15)12-10)2-5-1-7-8(19-4-18-7)3-6(5)13(16)17/h1-3H,4H2,(H,12,14,15). The van der Waals surface area contributed by atoms with E-state index in [1.54, 1.807) is 0 Å². The molecule has 8 nitrogen and oxygen atoms in total. The maximum atomic E-state index is 11.5. The predicted molar refractivity (Wildman–Crippen MR) is 68.3 cm³/mol. The monoisotopic (exact) mass is 294 g/mol. The highest BCUT2D eigenvalue weighted by Gasteiger charge is 2.28. The van der Waals surface area contributed by atoms with Crippen LogP contribution in [0, 0.1) is 10.1 Å². The van der Waals surface area contributed by atoms with Gasteiger partial charge in [0.1, 0.15) is 0 Å². The molecule has 1 N–H and O–H groups in total. The first-order chi connectivity index (χ1) is 9.54. The molecule has 0 spiro atoms. The largest absolute Gasteiger partial charge is 0.454 e. The van der Waals surface area contributed by atoms with Crippen LogP contribution in [0.15, 0.2) is 17.0 Å². The van der Waals surface area contributed by atoms with Gasteiger partial charge in [0, 0.05) is 0 Å². The summed E-state index contributed by atoms with van der Waals surface area (Å²) >= 11 is 0.689. The molecule has 2 aliphatic rings. The van der Waals surface area contributed by atoms with Gasteiger partial charge >= 0.3 is 0 Å². The number of nitrogens with one attached hydrogen (secondary N) is 1. The highest BCUT2D eigenvalue weighted by Crippen LogP contribution is 2.39. The zero-order valence-corrected chi connectivity index (χ0v) is 10.6. The van der Waals surface area contributed by atoms with E-state index in [4.69, 9.17) is 9.47 Å². The van der Waals surface area contributed by atoms with Gasteiger partial charge in [0.15, 0.2) is 11.5 Å². The summed E-state index contributed by atoms with van der Waals surface area (Å²) in [6.07, 6.45) is 1.28. The molecule has 0 atom stereocenters. The molecule has 2 amide bonds. The maximum absolute atomic E-state index is 11.5. The van der Waals surface area contributed by atoms with Crippen molar-refractivity contribution < 1.29 is 24.0 Å². The Labute approximate surface area is 115 Å². The summed E-state index contributed by atoms with van der Waals surface area (Å²) in [7, 11) is 0. The molecule has 0 radical (unpaired) electrons. The van der Waals surface area contributed by atoms with Gasteiger partial charge in [-0.25, -0.2) is 0 Å². The van der Waals surface area contributed by atoms with Gasteiger partial charge in [0.25, 0.3) is 16.8 Å². The van der Waals surface area contributed by atoms with E-state index in [1.807, 2.05) is 0 Å². The molecule has 102 valence electrons. The lowest BCUT2D eigenvalue weighted by Crippen LogP contribution is -2.17. The van der Waals surface area contributed by atoms with Gasteiger partial charge in [0.2, 0.25) is 6.79 Å². The van der Waals surface area contributed by atoms with E-state index in [1.165, 1.54) is 18.2 Å². The highest BCUT2D eigenvalue weighted by atomic mass is 32.2. The lowest BCUT2D eigenvalue weighted by Gasteiger charge is -2.01. The minimum atomic E-state index is -0.590. The summed E-state index contributed by atoms with van der Waals surface area (Å²) in [6, 6.07) is 2.64. The van der Waals surface area contributed by atoms with Crippen molar-refractivity contribution >= 4 is 34.7 Å². The first-order valence-electron chi connectivity index (χ1n) is 5.37. The van der Waals surface area contributed by atoms with Crippen molar-refractivity contribution in [2.75, 3.05) is 6.79 Å². The van der Waals surface area contributed by atoms with E-state index in [0.717, 1.165) is 0 Å². The topological polar surface area (TPSA) is 108 Å². The third-order valence-corrected chi connectivity index (χ3v) is 3.46. The van der Waals surface area contributed by atoms with Gasteiger partial charge in [-0.3, -0.25) is 25.0 Å². The number of fused-ring (bicyclic) bond motifs is 1. The fraction of sp³-hybridized carbons (Fsp3) is 0.0909. The van der Waals surface area contributed by atoms with Crippen molar-refractivity contribution in [1.82, 2.24) is 5.32 Å². The number of thioether (sulfide) groups is 1. The van der Waals surface area contributed by atoms with Crippen molar-refractivity contribution in [2.45, 2.75) is 0 Å². The van der Waals surface area contributed by atoms with Crippen LogP contribution in [0.3, 0.4) is 0 Å². The Morgan fingerprint density at radius 3 is 2.60 bits per heavy atom. The third-order valence-electron chi connectivity index (χ3n) is 2.65. The van der Waals surface area contributed by atoms with Gasteiger partial charge in [-0.05, 0) is 23.9 Å². The van der Waals surface area contributed by atoms with E-state index < -0.39 is 16.1 Å². The van der Waals surface area contributed by atoms with Crippen LogP contribution in [-0.4, -0.2) is 22.9 Å². The van der Waals surface area contributed by atoms with Crippen LogP contribution in [0.5, 0.6) is 11.5 Å². The van der Waals surface area contributed by atoms with Crippen LogP contribution in [0.25, 0.3) is 6.08 Å². The number of imide groups is 1. The maximum Gasteiger partial charge on any atom is 0.290 e. The average Bonchev–Trinajstić information content (AvgIpc) is 2.94. The van der Waals surface area contributed by atoms with Gasteiger partial charge in [0.05, 0.1) is 21.5 Å². The SMILES string of the molecule is O=C1NC(=O)C(=Cc2cc3c(cc2[N+](=O)[O-])OCO3)S1. The van der Waals surface area contributed by atoms with Crippen LogP contribution >= 0.6 is 11.8 Å². The van der Waals surface area contributed by atoms with Gasteiger partial charge < -0.3 is 9.47 Å². The Morgan fingerprint density at radius 1 is 1.30 bits per heavy atom. The summed E-state index contributed by atoms with van der Waals surface area (Å²) in [5.74, 6) is 0.0580. The number of ether oxygens (including phenoxy) is 2. The summed E-state index contributed by atoms with van der Waals surface area (Å²) in [6.45, 7) is -0.0137. The number of carbonyl (C=O) groups excluding carboxylic acids is 2. The van der Waals surface area contributed by atoms with E-state index >= 15 is 0 Å². The van der Waals surface area contributed by atoms with E-state index in [0.29, 0.717) is 17.5 Å². The van der Waals surface area contributed by atoms with E-state index in [9.17, 15) is 19.7 Å². The van der Waals surface area contributed by atoms with Crippen molar-refractivity contribution in [2.24, 2.45) is 0 Å². The Bertz CT molecular complexity index is 684. The minimum Gasteiger partial charge on any atom is -0.454 e. The van der Waals surface area contributed by atoms with Crippen LogP contribution in [-0.2, 0) is 4.79 Å². The number of amides is 2. The molecule has 2 heterocycles. The molecule has 3 rings (SSSR count). The number of nitrogens with zero attached hydrogens (tertiary/aromatic N) is 1. The second kappa shape index (κ2) is 4.53. The van der Waals surface area contributed by atoms with Crippen LogP contribution < -0.4 is 14.8 Å². The van der Waals surface area contributed by atoms with Gasteiger partial charge in [-0.1, -0.05) is 0 Å². The molecule has 1 saturated heterocycles. The predicted octanol–water partition coefficient (Wildman–Crippen LogP) is 1.65. The first kappa shape index (κ1) is 12.5. The average molecular weight is 294 g/mol. The summed E-state index contributed by atoms with van der Waals surface area (Å²) < 4.78 is 10.2. The fourth-order valence-corrected chi connectivity index (χ4v) is 2.46. The molecule has 2 aliphatic heterocycles. The quantitative estimate of drug-likeness (QED) is 0.502. The number of hydrogen-bond donors (Lipinski definition) is 1. The molecule has 0 unspecified atom stereocenters. The van der Waals surface area contributed by atoms with Crippen LogP contribution in [0.2, 0.25) is 0 Å². The second-order valence-corrected chi connectivity index (χ2v) is 4.89. The number of hydrogen-bond acceptors (Lipinski definition) is 7. The number of rotatable bonds is 2. The Kier molecular flexibility index (Phi) is 2.83. The fourth-order valence-electron chi connectivity index (χ4n) is 1.78. The minimum absolute atomic E-state index is 0.0137. The van der Waals surface area contributed by atoms with Crippen molar-refractivity contribution in [3.63, 3.8) is 0 Å². The van der Waals surface area contributed by atoms with Crippen LogP contribution in [0.4, 0.5) is 10.5 Å². The number of carbonyl (C=O) groups is 2. The van der Waals surface area contributed by atoms with Gasteiger partial charge in [-0.15, -0.1) is 0 Å². The van der Waals surface area contributed by atoms with Crippen LogP contribution in [0.1, 0.15) is 5.56 Å². The molecule has 0 aromatic heterocycles. The number of nitro benzene ring substituents is 1. The molecule has 9 heteroatoms. The Hall–Kier alpha value is -2.55. The molecule has 1 aromatic carbocycles. The van der Waals surface area contributed by atoms with Crippen molar-refractivity contribution in [3.8, 4) is 11.5 Å². The zero-order valence-electron chi connectivity index (χ0n) is 9.74. The summed E-state index contributed by atoms with van der Waals surface area (Å²) in [5, 5.41) is 12.6. The van der Waals surface area contributed by atoms with E-state index in [2.05, 4.69) is 5.32 Å². The second-order valence-electron chi connectivity index (χ2n) is 3.87. The number of nitro groups is 1. The van der Waals surface area contributed by atoms with Crippen molar-refractivity contribution in [3.05, 3.63) is 32.7 Å². The normalized spacial score (nSPS) is 18.5. The Balaban J connectivity index is 2.09. The molecular formula is C11H6N2O6S. The molecule has 0 aliphatic carbocycles. The molecule has 20 heavy (non-hydrogen) atoms. The lowest BCUT2D eigenvalue weighted by atomic mass is 10.1. The summed E-state index contributed by atoms with van der Waals surface area (Å²) in [4.78, 5) is 33.1. The van der Waals surface area contributed by atoms with E-state index in [-0.39, 0.29) is 28.7 Å². The highest BCUT2D eigenvalue weighted by molar-refractivity contribution is 8.18. The smallest absolute Gasteiger partial charge is 0.290 e. The third kappa shape index (κ3) is 2.07. The molecule has 1 fully saturated rings. The lowest BCUT2D eigenvalue weighted by molar-refractivity contribution is -0.385. The zero-order chi connectivity index (χ0) is 14.3. The molecular weight excluding hydrogens is 288 g/mol. The first-order valence-corrected chi connectivity index (χ1v) is 6.19. The molecule has 0 bridgehead atoms. The molecule has 0 saturated carbocycles. The van der Waals surface area contributed by atoms with Crippen molar-refractivity contribution in [1.29, 1.82) is 0 Å². The molecule has 1 aromatic rings. The number of benzene rings is 1. The summed E-state index contributed by atoms with van der Waals surface area (Å²) in [5.41, 5.74) is -0.0545. The Morgan fingerprint density at radius 2 is 2.00 bits per heavy atom. The van der Waals surface area contributed by atoms with Gasteiger partial charge in [-0.2, -0.15) is 0 Å².